The summed E-state index contributed by atoms with van der Waals surface area (Å²) in [5.41, 5.74) is 0.774. The number of piperidine rings is 1. The fourth-order valence-electron chi connectivity index (χ4n) is 4.10. The molecule has 0 aliphatic carbocycles. The fourth-order valence-corrected chi connectivity index (χ4v) is 4.10. The van der Waals surface area contributed by atoms with Gasteiger partial charge in [-0.2, -0.15) is 0 Å². The first-order chi connectivity index (χ1) is 14.6. The number of hydrogen-bond donors (Lipinski definition) is 1. The summed E-state index contributed by atoms with van der Waals surface area (Å²) in [7, 11) is 1.80. The van der Waals surface area contributed by atoms with E-state index in [1.165, 1.54) is 6.07 Å². The lowest BCUT2D eigenvalue weighted by Gasteiger charge is -2.37. The lowest BCUT2D eigenvalue weighted by molar-refractivity contribution is 0.0913. The number of ether oxygens (including phenoxy) is 1. The first kappa shape index (κ1) is 22.3. The second kappa shape index (κ2) is 11.2. The van der Waals surface area contributed by atoms with Crippen molar-refractivity contribution in [1.29, 1.82) is 0 Å². The van der Waals surface area contributed by atoms with Crippen LogP contribution < -0.4 is 5.32 Å². The van der Waals surface area contributed by atoms with Crippen LogP contribution in [0, 0.1) is 11.7 Å². The van der Waals surface area contributed by atoms with E-state index in [0.29, 0.717) is 32.2 Å². The number of likely N-dealkylation sites (tertiary alicyclic amines) is 1. The summed E-state index contributed by atoms with van der Waals surface area (Å²) in [6.45, 7) is 8.55. The number of halogens is 1. The molecule has 1 amide bonds. The van der Waals surface area contributed by atoms with Gasteiger partial charge in [-0.15, -0.1) is 0 Å². The lowest BCUT2D eigenvalue weighted by atomic mass is 9.96. The van der Waals surface area contributed by atoms with E-state index in [-0.39, 0.29) is 11.9 Å². The minimum absolute atomic E-state index is 0.117. The number of benzene rings is 1. The van der Waals surface area contributed by atoms with Gasteiger partial charge in [0.05, 0.1) is 6.61 Å². The van der Waals surface area contributed by atoms with E-state index in [1.807, 2.05) is 19.1 Å². The molecule has 2 heterocycles. The Hall–Kier alpha value is -2.35. The molecular formula is C22H34FN5O2. The molecule has 1 aromatic rings. The number of hydrogen-bond acceptors (Lipinski definition) is 4. The van der Waals surface area contributed by atoms with E-state index in [2.05, 4.69) is 20.1 Å². The Morgan fingerprint density at radius 2 is 1.80 bits per heavy atom. The average Bonchev–Trinajstić information content (AvgIpc) is 2.77. The van der Waals surface area contributed by atoms with Gasteiger partial charge in [0, 0.05) is 51.9 Å². The second-order valence-electron chi connectivity index (χ2n) is 7.91. The van der Waals surface area contributed by atoms with E-state index in [9.17, 15) is 9.18 Å². The molecular weight excluding hydrogens is 385 g/mol. The summed E-state index contributed by atoms with van der Waals surface area (Å²) in [6.07, 6.45) is 1.95. The topological polar surface area (TPSA) is 60.4 Å². The number of carbonyl (C=O) groups excluding carboxylic acids is 1. The van der Waals surface area contributed by atoms with Gasteiger partial charge in [0.1, 0.15) is 5.82 Å². The third-order valence-electron chi connectivity index (χ3n) is 5.92. The van der Waals surface area contributed by atoms with Crippen molar-refractivity contribution in [3.8, 4) is 0 Å². The molecule has 166 valence electrons. The molecule has 0 atom stereocenters. The monoisotopic (exact) mass is 419 g/mol. The fraction of sp³-hybridized carbons (Fsp3) is 0.636. The Morgan fingerprint density at radius 3 is 2.43 bits per heavy atom. The quantitative estimate of drug-likeness (QED) is 0.587. The molecule has 7 nitrogen and oxygen atoms in total. The maximum Gasteiger partial charge on any atom is 0.409 e. The van der Waals surface area contributed by atoms with Gasteiger partial charge < -0.3 is 19.9 Å². The molecule has 0 unspecified atom stereocenters. The van der Waals surface area contributed by atoms with Crippen molar-refractivity contribution >= 4 is 12.1 Å². The molecule has 8 heteroatoms. The van der Waals surface area contributed by atoms with Gasteiger partial charge in [-0.05, 0) is 44.8 Å². The van der Waals surface area contributed by atoms with Crippen LogP contribution in [0.2, 0.25) is 0 Å². The van der Waals surface area contributed by atoms with E-state index >= 15 is 0 Å². The van der Waals surface area contributed by atoms with E-state index in [1.54, 1.807) is 18.0 Å². The third kappa shape index (κ3) is 6.08. The van der Waals surface area contributed by atoms with Crippen LogP contribution in [0.25, 0.3) is 0 Å². The zero-order valence-electron chi connectivity index (χ0n) is 18.1. The highest BCUT2D eigenvalue weighted by Crippen LogP contribution is 2.19. The standard InChI is InChI=1S/C22H34FN5O2/c1-3-30-22(29)28-14-12-27(13-15-28)21(24-2)25-16-18-8-10-26(11-9-18)17-19-6-4-5-7-20(19)23/h4-7,18H,3,8-17H2,1-2H3,(H,24,25). The summed E-state index contributed by atoms with van der Waals surface area (Å²) >= 11 is 0. The number of aliphatic imine (C=N–C) groups is 1. The molecule has 0 saturated carbocycles. The van der Waals surface area contributed by atoms with Crippen molar-refractivity contribution < 1.29 is 13.9 Å². The van der Waals surface area contributed by atoms with Crippen LogP contribution in [-0.4, -0.2) is 86.2 Å². The largest absolute Gasteiger partial charge is 0.450 e. The Morgan fingerprint density at radius 1 is 1.13 bits per heavy atom. The highest BCUT2D eigenvalue weighted by Gasteiger charge is 2.25. The van der Waals surface area contributed by atoms with Gasteiger partial charge in [-0.25, -0.2) is 9.18 Å². The molecule has 0 spiro atoms. The SMILES string of the molecule is CCOC(=O)N1CCN(C(=NC)NCC2CCN(Cc3ccccc3F)CC2)CC1. The van der Waals surface area contributed by atoms with Crippen molar-refractivity contribution in [2.45, 2.75) is 26.3 Å². The number of nitrogens with zero attached hydrogens (tertiary/aromatic N) is 4. The van der Waals surface area contributed by atoms with Gasteiger partial charge >= 0.3 is 6.09 Å². The van der Waals surface area contributed by atoms with Crippen LogP contribution in [0.5, 0.6) is 0 Å². The Kier molecular flexibility index (Phi) is 8.30. The van der Waals surface area contributed by atoms with Crippen molar-refractivity contribution in [3.05, 3.63) is 35.6 Å². The highest BCUT2D eigenvalue weighted by molar-refractivity contribution is 5.80. The smallest absolute Gasteiger partial charge is 0.409 e. The average molecular weight is 420 g/mol. The Bertz CT molecular complexity index is 713. The molecule has 2 aliphatic heterocycles. The predicted molar refractivity (Wildman–Crippen MR) is 116 cm³/mol. The van der Waals surface area contributed by atoms with Gasteiger partial charge in [0.15, 0.2) is 5.96 Å². The van der Waals surface area contributed by atoms with Crippen LogP contribution in [-0.2, 0) is 11.3 Å². The number of rotatable bonds is 5. The lowest BCUT2D eigenvalue weighted by Crippen LogP contribution is -2.54. The van der Waals surface area contributed by atoms with Gasteiger partial charge in [0.25, 0.3) is 0 Å². The predicted octanol–water partition coefficient (Wildman–Crippen LogP) is 2.39. The van der Waals surface area contributed by atoms with Crippen molar-refractivity contribution in [3.63, 3.8) is 0 Å². The minimum atomic E-state index is -0.234. The number of nitrogens with one attached hydrogen (secondary N) is 1. The normalized spacial score (nSPS) is 19.1. The zero-order valence-corrected chi connectivity index (χ0v) is 18.1. The number of piperazine rings is 1. The van der Waals surface area contributed by atoms with Crippen molar-refractivity contribution in [2.24, 2.45) is 10.9 Å². The van der Waals surface area contributed by atoms with Gasteiger partial charge in [0.2, 0.25) is 0 Å². The minimum Gasteiger partial charge on any atom is -0.450 e. The maximum absolute atomic E-state index is 13.9. The summed E-state index contributed by atoms with van der Waals surface area (Å²) in [6, 6.07) is 7.03. The molecule has 30 heavy (non-hydrogen) atoms. The second-order valence-corrected chi connectivity index (χ2v) is 7.91. The first-order valence-electron chi connectivity index (χ1n) is 10.9. The first-order valence-corrected chi connectivity index (χ1v) is 10.9. The Balaban J connectivity index is 1.38. The molecule has 1 aromatic carbocycles. The highest BCUT2D eigenvalue weighted by atomic mass is 19.1. The van der Waals surface area contributed by atoms with Gasteiger partial charge in [-0.1, -0.05) is 18.2 Å². The molecule has 2 aliphatic rings. The molecule has 0 radical (unpaired) electrons. The summed E-state index contributed by atoms with van der Waals surface area (Å²) in [5, 5.41) is 3.51. The summed E-state index contributed by atoms with van der Waals surface area (Å²) in [5.74, 6) is 1.36. The Labute approximate surface area is 178 Å². The van der Waals surface area contributed by atoms with Crippen LogP contribution >= 0.6 is 0 Å². The van der Waals surface area contributed by atoms with E-state index in [4.69, 9.17) is 4.74 Å². The molecule has 2 saturated heterocycles. The molecule has 3 rings (SSSR count). The van der Waals surface area contributed by atoms with E-state index in [0.717, 1.165) is 57.1 Å². The number of amides is 1. The van der Waals surface area contributed by atoms with Gasteiger partial charge in [-0.3, -0.25) is 9.89 Å². The summed E-state index contributed by atoms with van der Waals surface area (Å²) in [4.78, 5) is 22.6. The molecule has 0 bridgehead atoms. The number of carbonyl (C=O) groups is 1. The molecule has 1 N–H and O–H groups in total. The van der Waals surface area contributed by atoms with Crippen molar-refractivity contribution in [2.75, 3.05) is 59.5 Å². The zero-order chi connectivity index (χ0) is 21.3. The van der Waals surface area contributed by atoms with Crippen molar-refractivity contribution in [1.82, 2.24) is 20.0 Å². The van der Waals surface area contributed by atoms with E-state index < -0.39 is 0 Å². The summed E-state index contributed by atoms with van der Waals surface area (Å²) < 4.78 is 19.0. The number of guanidine groups is 1. The van der Waals surface area contributed by atoms with Crippen LogP contribution in [0.4, 0.5) is 9.18 Å². The third-order valence-corrected chi connectivity index (χ3v) is 5.92. The van der Waals surface area contributed by atoms with Crippen LogP contribution in [0.3, 0.4) is 0 Å². The molecule has 2 fully saturated rings. The van der Waals surface area contributed by atoms with Crippen LogP contribution in [0.15, 0.2) is 29.3 Å². The molecule has 0 aromatic heterocycles. The van der Waals surface area contributed by atoms with Crippen LogP contribution in [0.1, 0.15) is 25.3 Å². The maximum atomic E-state index is 13.9.